The molecular weight excluding hydrogens is 356 g/mol. The number of methoxy groups -OCH3 is 1. The summed E-state index contributed by atoms with van der Waals surface area (Å²) in [6, 6.07) is 0. The zero-order valence-corrected chi connectivity index (χ0v) is 18.0. The second-order valence-electron chi connectivity index (χ2n) is 8.03. The van der Waals surface area contributed by atoms with Crippen LogP contribution in [0.5, 0.6) is 0 Å². The van der Waals surface area contributed by atoms with E-state index in [0.29, 0.717) is 12.3 Å². The molecule has 0 radical (unpaired) electrons. The van der Waals surface area contributed by atoms with Crippen molar-refractivity contribution in [2.45, 2.75) is 103 Å². The number of aliphatic hydroxyl groups excluding tert-OH is 1. The largest absolute Gasteiger partial charge is 0.469 e. The number of ether oxygens (including phenoxy) is 2. The van der Waals surface area contributed by atoms with E-state index in [9.17, 15) is 14.7 Å². The van der Waals surface area contributed by atoms with Crippen LogP contribution in [0.1, 0.15) is 90.9 Å². The number of carbonyl (C=O) groups excluding carboxylic acids is 2. The topological polar surface area (TPSA) is 72.8 Å². The molecule has 5 heteroatoms. The van der Waals surface area contributed by atoms with Gasteiger partial charge in [0.15, 0.2) is 0 Å². The highest BCUT2D eigenvalue weighted by Crippen LogP contribution is 2.37. The number of esters is 2. The predicted molar refractivity (Wildman–Crippen MR) is 111 cm³/mol. The third-order valence-electron chi connectivity index (χ3n) is 5.72. The molecule has 0 heterocycles. The first kappa shape index (κ1) is 24.7. The molecule has 0 spiro atoms. The molecule has 1 rings (SSSR count). The van der Waals surface area contributed by atoms with Gasteiger partial charge in [0.1, 0.15) is 6.10 Å². The van der Waals surface area contributed by atoms with E-state index < -0.39 is 0 Å². The lowest BCUT2D eigenvalue weighted by Gasteiger charge is -2.20. The van der Waals surface area contributed by atoms with Crippen LogP contribution in [0.3, 0.4) is 0 Å². The fourth-order valence-corrected chi connectivity index (χ4v) is 4.10. The van der Waals surface area contributed by atoms with Crippen LogP contribution in [-0.4, -0.2) is 36.4 Å². The Labute approximate surface area is 170 Å². The Morgan fingerprint density at radius 1 is 1.11 bits per heavy atom. The lowest BCUT2D eigenvalue weighted by molar-refractivity contribution is -0.144. The molecule has 1 aliphatic rings. The van der Waals surface area contributed by atoms with Crippen LogP contribution in [0.2, 0.25) is 0 Å². The van der Waals surface area contributed by atoms with E-state index >= 15 is 0 Å². The molecule has 5 nitrogen and oxygen atoms in total. The van der Waals surface area contributed by atoms with Crippen LogP contribution in [0.15, 0.2) is 12.2 Å². The molecule has 0 bridgehead atoms. The number of aliphatic hydroxyl groups is 1. The Morgan fingerprint density at radius 3 is 2.54 bits per heavy atom. The van der Waals surface area contributed by atoms with Gasteiger partial charge in [-0.1, -0.05) is 45.1 Å². The van der Waals surface area contributed by atoms with Crippen LogP contribution in [0, 0.1) is 11.8 Å². The molecule has 28 heavy (non-hydrogen) atoms. The molecule has 4 atom stereocenters. The third kappa shape index (κ3) is 10.3. The summed E-state index contributed by atoms with van der Waals surface area (Å²) in [4.78, 5) is 22.5. The molecule has 0 aliphatic heterocycles. The first-order valence-corrected chi connectivity index (χ1v) is 11.1. The predicted octanol–water partition coefficient (Wildman–Crippen LogP) is 4.96. The summed E-state index contributed by atoms with van der Waals surface area (Å²) >= 11 is 0. The molecule has 2 unspecified atom stereocenters. The summed E-state index contributed by atoms with van der Waals surface area (Å²) < 4.78 is 10.1. The molecular formula is C23H40O5. The minimum atomic E-state index is -0.239. The Bertz CT molecular complexity index is 474. The smallest absolute Gasteiger partial charge is 0.305 e. The quantitative estimate of drug-likeness (QED) is 0.255. The van der Waals surface area contributed by atoms with E-state index in [0.717, 1.165) is 70.6 Å². The molecule has 162 valence electrons. The molecule has 0 amide bonds. The summed E-state index contributed by atoms with van der Waals surface area (Å²) in [5, 5.41) is 10.4. The number of rotatable bonds is 14. The Morgan fingerprint density at radius 2 is 1.86 bits per heavy atom. The van der Waals surface area contributed by atoms with Gasteiger partial charge in [0.25, 0.3) is 0 Å². The highest BCUT2D eigenvalue weighted by Gasteiger charge is 2.32. The monoisotopic (exact) mass is 396 g/mol. The normalized spacial score (nSPS) is 23.1. The van der Waals surface area contributed by atoms with Crippen molar-refractivity contribution in [3.05, 3.63) is 12.2 Å². The molecule has 0 aromatic rings. The fourth-order valence-electron chi connectivity index (χ4n) is 4.10. The SMILES string of the molecule is CCCCCC(C=C[C@H]1CCC(O)[C@@H]1CCCCCCC(=O)OC)OC(C)=O. The Balaban J connectivity index is 2.43. The first-order valence-electron chi connectivity index (χ1n) is 11.1. The van der Waals surface area contributed by atoms with Crippen LogP contribution in [-0.2, 0) is 19.1 Å². The van der Waals surface area contributed by atoms with Gasteiger partial charge < -0.3 is 14.6 Å². The Kier molecular flexibility index (Phi) is 12.9. The van der Waals surface area contributed by atoms with Gasteiger partial charge >= 0.3 is 11.9 Å². The maximum absolute atomic E-state index is 11.4. The van der Waals surface area contributed by atoms with E-state index in [1.54, 1.807) is 0 Å². The van der Waals surface area contributed by atoms with Gasteiger partial charge in [-0.05, 0) is 56.4 Å². The van der Waals surface area contributed by atoms with Gasteiger partial charge in [-0.2, -0.15) is 0 Å². The van der Waals surface area contributed by atoms with Crippen molar-refractivity contribution in [2.24, 2.45) is 11.8 Å². The maximum Gasteiger partial charge on any atom is 0.305 e. The van der Waals surface area contributed by atoms with Crippen molar-refractivity contribution in [1.29, 1.82) is 0 Å². The van der Waals surface area contributed by atoms with Crippen molar-refractivity contribution in [2.75, 3.05) is 7.11 Å². The van der Waals surface area contributed by atoms with Gasteiger partial charge in [-0.25, -0.2) is 0 Å². The number of hydrogen-bond donors (Lipinski definition) is 1. The highest BCUT2D eigenvalue weighted by atomic mass is 16.5. The minimum Gasteiger partial charge on any atom is -0.469 e. The Hall–Kier alpha value is -1.36. The standard InChI is InChI=1S/C23H40O5/c1-4-5-8-11-20(28-18(2)24)16-14-19-15-17-22(25)21(19)12-9-6-7-10-13-23(26)27-3/h14,16,19-22,25H,4-13,15,17H2,1-3H3/t19-,20?,21+,22?/m0/s1. The summed E-state index contributed by atoms with van der Waals surface area (Å²) in [6.45, 7) is 3.62. The lowest BCUT2D eigenvalue weighted by atomic mass is 9.88. The average Bonchev–Trinajstić information content (AvgIpc) is 3.01. The van der Waals surface area contributed by atoms with Crippen LogP contribution >= 0.6 is 0 Å². The fraction of sp³-hybridized carbons (Fsp3) is 0.826. The molecule has 1 N–H and O–H groups in total. The zero-order valence-electron chi connectivity index (χ0n) is 18.0. The van der Waals surface area contributed by atoms with Gasteiger partial charge in [0.2, 0.25) is 0 Å². The number of allylic oxidation sites excluding steroid dienone is 1. The summed E-state index contributed by atoms with van der Waals surface area (Å²) in [5.41, 5.74) is 0. The van der Waals surface area contributed by atoms with E-state index in [4.69, 9.17) is 4.74 Å². The summed E-state index contributed by atoms with van der Waals surface area (Å²) in [7, 11) is 1.42. The van der Waals surface area contributed by atoms with Gasteiger partial charge in [-0.15, -0.1) is 0 Å². The van der Waals surface area contributed by atoms with Crippen molar-refractivity contribution >= 4 is 11.9 Å². The summed E-state index contributed by atoms with van der Waals surface area (Å²) in [5.74, 6) is 0.263. The highest BCUT2D eigenvalue weighted by molar-refractivity contribution is 5.69. The van der Waals surface area contributed by atoms with Gasteiger partial charge in [-0.3, -0.25) is 9.59 Å². The van der Waals surface area contributed by atoms with Crippen molar-refractivity contribution in [3.63, 3.8) is 0 Å². The van der Waals surface area contributed by atoms with Gasteiger partial charge in [0, 0.05) is 13.3 Å². The minimum absolute atomic E-state index is 0.141. The van der Waals surface area contributed by atoms with Crippen molar-refractivity contribution in [1.82, 2.24) is 0 Å². The zero-order chi connectivity index (χ0) is 20.8. The maximum atomic E-state index is 11.4. The lowest BCUT2D eigenvalue weighted by Crippen LogP contribution is -2.19. The van der Waals surface area contributed by atoms with E-state index in [2.05, 4.69) is 17.7 Å². The molecule has 0 aromatic heterocycles. The van der Waals surface area contributed by atoms with Crippen molar-refractivity contribution < 1.29 is 24.2 Å². The summed E-state index contributed by atoms with van der Waals surface area (Å²) in [6.07, 6.45) is 15.4. The number of hydrogen-bond acceptors (Lipinski definition) is 5. The molecule has 1 fully saturated rings. The number of unbranched alkanes of at least 4 members (excludes halogenated alkanes) is 5. The molecule has 1 saturated carbocycles. The van der Waals surface area contributed by atoms with Gasteiger partial charge in [0.05, 0.1) is 13.2 Å². The van der Waals surface area contributed by atoms with Crippen LogP contribution < -0.4 is 0 Å². The second-order valence-corrected chi connectivity index (χ2v) is 8.03. The second kappa shape index (κ2) is 14.6. The van der Waals surface area contributed by atoms with Crippen molar-refractivity contribution in [3.8, 4) is 0 Å². The van der Waals surface area contributed by atoms with E-state index in [1.807, 2.05) is 6.08 Å². The molecule has 1 aliphatic carbocycles. The van der Waals surface area contributed by atoms with Crippen LogP contribution in [0.25, 0.3) is 0 Å². The van der Waals surface area contributed by atoms with Crippen LogP contribution in [0.4, 0.5) is 0 Å². The van der Waals surface area contributed by atoms with E-state index in [-0.39, 0.29) is 30.1 Å². The van der Waals surface area contributed by atoms with E-state index in [1.165, 1.54) is 14.0 Å². The molecule has 0 saturated heterocycles. The number of carbonyl (C=O) groups is 2. The average molecular weight is 397 g/mol. The third-order valence-corrected chi connectivity index (χ3v) is 5.72. The molecule has 0 aromatic carbocycles. The first-order chi connectivity index (χ1) is 13.5.